The maximum absolute atomic E-state index is 12.3. The van der Waals surface area contributed by atoms with Crippen LogP contribution in [0.4, 0.5) is 0 Å². The molecule has 0 radical (unpaired) electrons. The summed E-state index contributed by atoms with van der Waals surface area (Å²) < 4.78 is 38.7. The standard InChI is InChI=1S/C15H16INO4S/c1-20-14-4-3-5-15(21-2)13(14)10-17-22(18,19)12-8-6-11(16)7-9-12/h3-9,17H,10H2,1-2H3. The van der Waals surface area contributed by atoms with Gasteiger partial charge in [0.15, 0.2) is 0 Å². The summed E-state index contributed by atoms with van der Waals surface area (Å²) >= 11 is 2.13. The second-order valence-corrected chi connectivity index (χ2v) is 7.43. The van der Waals surface area contributed by atoms with Crippen LogP contribution in [0.3, 0.4) is 0 Å². The van der Waals surface area contributed by atoms with E-state index < -0.39 is 10.0 Å². The minimum absolute atomic E-state index is 0.0848. The predicted octanol–water partition coefficient (Wildman–Crippen LogP) is 2.79. The topological polar surface area (TPSA) is 64.6 Å². The molecule has 0 saturated heterocycles. The van der Waals surface area contributed by atoms with E-state index in [1.165, 1.54) is 14.2 Å². The van der Waals surface area contributed by atoms with Crippen LogP contribution in [0.1, 0.15) is 5.56 Å². The molecule has 0 aliphatic carbocycles. The Hall–Kier alpha value is -1.32. The van der Waals surface area contributed by atoms with E-state index in [0.717, 1.165) is 3.57 Å². The van der Waals surface area contributed by atoms with Gasteiger partial charge in [0.25, 0.3) is 0 Å². The van der Waals surface area contributed by atoms with Crippen molar-refractivity contribution >= 4 is 32.6 Å². The highest BCUT2D eigenvalue weighted by Crippen LogP contribution is 2.28. The first-order valence-electron chi connectivity index (χ1n) is 6.43. The summed E-state index contributed by atoms with van der Waals surface area (Å²) in [5.41, 5.74) is 0.654. The molecule has 0 fully saturated rings. The Kier molecular flexibility index (Phi) is 5.65. The lowest BCUT2D eigenvalue weighted by Crippen LogP contribution is -2.23. The summed E-state index contributed by atoms with van der Waals surface area (Å²) in [6, 6.07) is 12.0. The summed E-state index contributed by atoms with van der Waals surface area (Å²) in [5.74, 6) is 1.15. The van der Waals surface area contributed by atoms with Crippen LogP contribution in [0, 0.1) is 3.57 Å². The highest BCUT2D eigenvalue weighted by Gasteiger charge is 2.17. The first kappa shape index (κ1) is 17.0. The molecule has 0 bridgehead atoms. The van der Waals surface area contributed by atoms with E-state index in [4.69, 9.17) is 9.47 Å². The van der Waals surface area contributed by atoms with E-state index in [1.54, 1.807) is 42.5 Å². The Bertz CT molecular complexity index is 722. The maximum Gasteiger partial charge on any atom is 0.240 e. The molecule has 0 heterocycles. The number of ether oxygens (including phenoxy) is 2. The van der Waals surface area contributed by atoms with E-state index in [1.807, 2.05) is 0 Å². The molecule has 2 aromatic rings. The maximum atomic E-state index is 12.3. The van der Waals surface area contributed by atoms with Crippen LogP contribution >= 0.6 is 22.6 Å². The molecule has 118 valence electrons. The van der Waals surface area contributed by atoms with Gasteiger partial charge in [-0.15, -0.1) is 0 Å². The molecule has 22 heavy (non-hydrogen) atoms. The van der Waals surface area contributed by atoms with Gasteiger partial charge in [-0.1, -0.05) is 6.07 Å². The molecule has 0 aliphatic rings. The van der Waals surface area contributed by atoms with Crippen molar-refractivity contribution in [2.24, 2.45) is 0 Å². The van der Waals surface area contributed by atoms with Gasteiger partial charge < -0.3 is 9.47 Å². The van der Waals surface area contributed by atoms with Crippen LogP contribution in [-0.4, -0.2) is 22.6 Å². The van der Waals surface area contributed by atoms with Crippen LogP contribution in [0.25, 0.3) is 0 Å². The third-order valence-corrected chi connectivity index (χ3v) is 5.23. The van der Waals surface area contributed by atoms with Gasteiger partial charge >= 0.3 is 0 Å². The zero-order valence-electron chi connectivity index (χ0n) is 12.2. The number of rotatable bonds is 6. The van der Waals surface area contributed by atoms with Crippen molar-refractivity contribution in [1.29, 1.82) is 0 Å². The number of methoxy groups -OCH3 is 2. The number of hydrogen-bond acceptors (Lipinski definition) is 4. The summed E-state index contributed by atoms with van der Waals surface area (Å²) in [5, 5.41) is 0. The van der Waals surface area contributed by atoms with E-state index >= 15 is 0 Å². The lowest BCUT2D eigenvalue weighted by Gasteiger charge is -2.14. The average molecular weight is 433 g/mol. The van der Waals surface area contributed by atoms with Gasteiger partial charge in [0.2, 0.25) is 10.0 Å². The molecular weight excluding hydrogens is 417 g/mol. The van der Waals surface area contributed by atoms with Crippen LogP contribution in [-0.2, 0) is 16.6 Å². The molecule has 1 N–H and O–H groups in total. The second-order valence-electron chi connectivity index (χ2n) is 4.42. The second kappa shape index (κ2) is 7.30. The number of benzene rings is 2. The molecule has 0 unspecified atom stereocenters. The SMILES string of the molecule is COc1cccc(OC)c1CNS(=O)(=O)c1ccc(I)cc1. The molecule has 0 saturated carbocycles. The Balaban J connectivity index is 2.24. The predicted molar refractivity (Wildman–Crippen MR) is 92.7 cm³/mol. The van der Waals surface area contributed by atoms with Gasteiger partial charge in [0.05, 0.1) is 24.7 Å². The van der Waals surface area contributed by atoms with Gasteiger partial charge in [-0.2, -0.15) is 0 Å². The molecule has 2 rings (SSSR count). The van der Waals surface area contributed by atoms with Crippen molar-refractivity contribution in [2.45, 2.75) is 11.4 Å². The van der Waals surface area contributed by atoms with Crippen molar-refractivity contribution in [3.63, 3.8) is 0 Å². The highest BCUT2D eigenvalue weighted by atomic mass is 127. The van der Waals surface area contributed by atoms with E-state index in [2.05, 4.69) is 27.3 Å². The minimum Gasteiger partial charge on any atom is -0.496 e. The zero-order valence-corrected chi connectivity index (χ0v) is 15.1. The molecular formula is C15H16INO4S. The molecule has 2 aromatic carbocycles. The van der Waals surface area contributed by atoms with Crippen LogP contribution < -0.4 is 14.2 Å². The number of hydrogen-bond donors (Lipinski definition) is 1. The van der Waals surface area contributed by atoms with Crippen LogP contribution in [0.15, 0.2) is 47.4 Å². The van der Waals surface area contributed by atoms with E-state index in [9.17, 15) is 8.42 Å². The molecule has 7 heteroatoms. The van der Waals surface area contributed by atoms with Gasteiger partial charge in [-0.25, -0.2) is 13.1 Å². The molecule has 0 aromatic heterocycles. The van der Waals surface area contributed by atoms with Crippen LogP contribution in [0.5, 0.6) is 11.5 Å². The fourth-order valence-electron chi connectivity index (χ4n) is 1.97. The third kappa shape index (κ3) is 3.90. The number of nitrogens with one attached hydrogen (secondary N) is 1. The monoisotopic (exact) mass is 433 g/mol. The molecule has 5 nitrogen and oxygen atoms in total. The quantitative estimate of drug-likeness (QED) is 0.712. The molecule has 0 aliphatic heterocycles. The Morgan fingerprint density at radius 1 is 1.00 bits per heavy atom. The van der Waals surface area contributed by atoms with Crippen LogP contribution in [0.2, 0.25) is 0 Å². The Morgan fingerprint density at radius 2 is 1.55 bits per heavy atom. The first-order chi connectivity index (χ1) is 10.5. The van der Waals surface area contributed by atoms with Gasteiger partial charge in [-0.3, -0.25) is 0 Å². The minimum atomic E-state index is -3.59. The lowest BCUT2D eigenvalue weighted by molar-refractivity contribution is 0.384. The van der Waals surface area contributed by atoms with Crippen molar-refractivity contribution in [3.8, 4) is 11.5 Å². The first-order valence-corrected chi connectivity index (χ1v) is 8.99. The fraction of sp³-hybridized carbons (Fsp3) is 0.200. The summed E-state index contributed by atoms with van der Waals surface area (Å²) in [6.07, 6.45) is 0. The fourth-order valence-corrected chi connectivity index (χ4v) is 3.32. The van der Waals surface area contributed by atoms with Gasteiger partial charge in [-0.05, 0) is 59.0 Å². The summed E-state index contributed by atoms with van der Waals surface area (Å²) in [6.45, 7) is 0.0848. The normalized spacial score (nSPS) is 11.2. The van der Waals surface area contributed by atoms with Gasteiger partial charge in [0.1, 0.15) is 11.5 Å². The lowest BCUT2D eigenvalue weighted by atomic mass is 10.2. The van der Waals surface area contributed by atoms with Crippen molar-refractivity contribution < 1.29 is 17.9 Å². The zero-order chi connectivity index (χ0) is 16.2. The number of halogens is 1. The van der Waals surface area contributed by atoms with Gasteiger partial charge in [0, 0.05) is 10.1 Å². The molecule has 0 spiro atoms. The Labute approximate surface area is 143 Å². The van der Waals surface area contributed by atoms with E-state index in [0.29, 0.717) is 17.1 Å². The van der Waals surface area contributed by atoms with E-state index in [-0.39, 0.29) is 11.4 Å². The van der Waals surface area contributed by atoms with Crippen molar-refractivity contribution in [3.05, 3.63) is 51.6 Å². The number of sulfonamides is 1. The smallest absolute Gasteiger partial charge is 0.240 e. The third-order valence-electron chi connectivity index (χ3n) is 3.09. The van der Waals surface area contributed by atoms with Crippen molar-refractivity contribution in [2.75, 3.05) is 14.2 Å². The Morgan fingerprint density at radius 3 is 2.05 bits per heavy atom. The highest BCUT2D eigenvalue weighted by molar-refractivity contribution is 14.1. The average Bonchev–Trinajstić information content (AvgIpc) is 2.53. The summed E-state index contributed by atoms with van der Waals surface area (Å²) in [7, 11) is -0.522. The molecule has 0 atom stereocenters. The molecule has 0 amide bonds. The summed E-state index contributed by atoms with van der Waals surface area (Å²) in [4.78, 5) is 0.224. The van der Waals surface area contributed by atoms with Crippen molar-refractivity contribution in [1.82, 2.24) is 4.72 Å². The largest absolute Gasteiger partial charge is 0.496 e.